The van der Waals surface area contributed by atoms with Crippen LogP contribution in [0.3, 0.4) is 0 Å². The molecule has 0 bridgehead atoms. The summed E-state index contributed by atoms with van der Waals surface area (Å²) in [5.74, 6) is 0.886. The summed E-state index contributed by atoms with van der Waals surface area (Å²) >= 11 is 8.76. The molecule has 0 fully saturated rings. The maximum Gasteiger partial charge on any atom is 0.269 e. The van der Waals surface area contributed by atoms with E-state index in [0.717, 1.165) is 31.5 Å². The van der Waals surface area contributed by atoms with Crippen molar-refractivity contribution in [2.75, 3.05) is 10.1 Å². The maximum absolute atomic E-state index is 10.0. The molecule has 6 rings (SSSR count). The first kappa shape index (κ1) is 22.1. The predicted molar refractivity (Wildman–Crippen MR) is 141 cm³/mol. The Morgan fingerprint density at radius 2 is 1.86 bits per heavy atom. The number of aliphatic hydroxyl groups is 1. The van der Waals surface area contributed by atoms with Gasteiger partial charge in [0.05, 0.1) is 12.3 Å². The van der Waals surface area contributed by atoms with Crippen LogP contribution in [0.5, 0.6) is 0 Å². The lowest BCUT2D eigenvalue weighted by Gasteiger charge is -2.40. The van der Waals surface area contributed by atoms with Gasteiger partial charge in [0.1, 0.15) is 11.9 Å². The first-order valence-electron chi connectivity index (χ1n) is 10.7. The Labute approximate surface area is 219 Å². The molecule has 2 aliphatic rings. The van der Waals surface area contributed by atoms with Gasteiger partial charge in [-0.15, -0.1) is 15.3 Å². The van der Waals surface area contributed by atoms with Crippen LogP contribution in [0.1, 0.15) is 22.3 Å². The molecule has 0 amide bonds. The molecular formula is C24H18ClIN8O. The lowest BCUT2D eigenvalue weighted by atomic mass is 9.75. The number of hydrogen-bond donors (Lipinski definition) is 1. The topological polar surface area (TPSA) is 94.5 Å². The average Bonchev–Trinajstić information content (AvgIpc) is 3.49. The minimum absolute atomic E-state index is 0.107. The van der Waals surface area contributed by atoms with Gasteiger partial charge in [-0.2, -0.15) is 5.01 Å². The second-order valence-electron chi connectivity index (χ2n) is 8.18. The van der Waals surface area contributed by atoms with Crippen LogP contribution in [0.2, 0.25) is 5.02 Å². The number of guanidine groups is 1. The molecule has 0 radical (unpaired) electrons. The van der Waals surface area contributed by atoms with Gasteiger partial charge in [0.25, 0.3) is 11.9 Å². The lowest BCUT2D eigenvalue weighted by molar-refractivity contribution is 0.281. The Morgan fingerprint density at radius 3 is 2.57 bits per heavy atom. The van der Waals surface area contributed by atoms with Crippen LogP contribution in [0.4, 0.5) is 11.6 Å². The number of benzene rings is 3. The molecular weight excluding hydrogens is 579 g/mol. The smallest absolute Gasteiger partial charge is 0.269 e. The molecule has 9 nitrogen and oxygen atoms in total. The lowest BCUT2D eigenvalue weighted by Crippen LogP contribution is -2.46. The van der Waals surface area contributed by atoms with E-state index in [9.17, 15) is 5.11 Å². The van der Waals surface area contributed by atoms with Crippen molar-refractivity contribution in [3.8, 4) is 0 Å². The van der Waals surface area contributed by atoms with Gasteiger partial charge in [0.2, 0.25) is 0 Å². The second kappa shape index (κ2) is 8.40. The van der Waals surface area contributed by atoms with Gasteiger partial charge >= 0.3 is 0 Å². The molecule has 0 saturated heterocycles. The number of nitrogens with zero attached hydrogens (tertiary/aromatic N) is 8. The number of aryl methyl sites for hydroxylation is 1. The number of aliphatic imine (C=N–C) groups is 1. The van der Waals surface area contributed by atoms with Crippen LogP contribution in [-0.4, -0.2) is 25.8 Å². The normalized spacial score (nSPS) is 18.5. The molecule has 3 heterocycles. The van der Waals surface area contributed by atoms with Crippen molar-refractivity contribution in [1.29, 1.82) is 0 Å². The highest BCUT2D eigenvalue weighted by molar-refractivity contribution is 14.1. The zero-order chi connectivity index (χ0) is 24.2. The van der Waals surface area contributed by atoms with Gasteiger partial charge in [-0.05, 0) is 80.9 Å². The van der Waals surface area contributed by atoms with E-state index >= 15 is 0 Å². The maximum atomic E-state index is 10.0. The number of anilines is 2. The summed E-state index contributed by atoms with van der Waals surface area (Å²) in [6.45, 7) is -0.107. The summed E-state index contributed by atoms with van der Waals surface area (Å²) in [5.41, 5.74) is 3.27. The van der Waals surface area contributed by atoms with Gasteiger partial charge in [0.15, 0.2) is 0 Å². The van der Waals surface area contributed by atoms with Crippen molar-refractivity contribution < 1.29 is 5.11 Å². The van der Waals surface area contributed by atoms with Crippen molar-refractivity contribution in [2.24, 2.45) is 22.4 Å². The minimum atomic E-state index is -0.976. The van der Waals surface area contributed by atoms with E-state index < -0.39 is 5.54 Å². The SMILES string of the molecule is Cn1cnnc1N1N=NC2=NC(c3ccc(I)cc3)(c3cccc(Cl)c3)c3cc(CO)ccc3N21. The zero-order valence-corrected chi connectivity index (χ0v) is 21.3. The standard InChI is InChI=1S/C24H18ClIN8O/c1-32-14-27-30-23(32)34-31-29-22-28-24(16-6-8-19(26)9-7-16,17-3-2-4-18(25)12-17)20-11-15(13-35)5-10-21(20)33(22)34/h2-12,14,35H,13H2,1H3. The number of fused-ring (bicyclic) bond motifs is 3. The van der Waals surface area contributed by atoms with Crippen LogP contribution in [0.15, 0.2) is 88.4 Å². The summed E-state index contributed by atoms with van der Waals surface area (Å²) in [7, 11) is 1.83. The van der Waals surface area contributed by atoms with Crippen molar-refractivity contribution in [3.63, 3.8) is 0 Å². The summed E-state index contributed by atoms with van der Waals surface area (Å²) < 4.78 is 2.86. The Bertz CT molecular complexity index is 1500. The molecule has 1 atom stereocenters. The minimum Gasteiger partial charge on any atom is -0.392 e. The molecule has 35 heavy (non-hydrogen) atoms. The van der Waals surface area contributed by atoms with Crippen LogP contribution >= 0.6 is 34.2 Å². The molecule has 1 N–H and O–H groups in total. The monoisotopic (exact) mass is 596 g/mol. The predicted octanol–water partition coefficient (Wildman–Crippen LogP) is 4.84. The number of rotatable bonds is 4. The quantitative estimate of drug-likeness (QED) is 0.341. The first-order valence-corrected chi connectivity index (χ1v) is 12.2. The van der Waals surface area contributed by atoms with Crippen LogP contribution in [0.25, 0.3) is 0 Å². The molecule has 11 heteroatoms. The van der Waals surface area contributed by atoms with Crippen LogP contribution < -0.4 is 10.1 Å². The summed E-state index contributed by atoms with van der Waals surface area (Å²) in [6, 6.07) is 21.7. The van der Waals surface area contributed by atoms with E-state index in [1.807, 2.05) is 61.6 Å². The van der Waals surface area contributed by atoms with E-state index in [-0.39, 0.29) is 6.61 Å². The number of hydrogen-bond acceptors (Lipinski definition) is 8. The highest BCUT2D eigenvalue weighted by Crippen LogP contribution is 2.50. The molecule has 1 unspecified atom stereocenters. The average molecular weight is 597 g/mol. The van der Waals surface area contributed by atoms with E-state index in [1.165, 1.54) is 0 Å². The van der Waals surface area contributed by atoms with E-state index in [2.05, 4.69) is 55.3 Å². The van der Waals surface area contributed by atoms with E-state index in [4.69, 9.17) is 16.6 Å². The first-order chi connectivity index (χ1) is 17.0. The number of halogens is 2. The van der Waals surface area contributed by atoms with Crippen LogP contribution in [-0.2, 0) is 19.2 Å². The summed E-state index contributed by atoms with van der Waals surface area (Å²) in [6.07, 6.45) is 1.60. The third-order valence-corrected chi connectivity index (χ3v) is 7.05. The molecule has 0 saturated carbocycles. The number of aliphatic hydroxyl groups excluding tert-OH is 1. The fourth-order valence-corrected chi connectivity index (χ4v) is 5.04. The summed E-state index contributed by atoms with van der Waals surface area (Å²) in [4.78, 5) is 5.23. The summed E-state index contributed by atoms with van der Waals surface area (Å²) in [5, 5.41) is 31.0. The van der Waals surface area contributed by atoms with Crippen molar-refractivity contribution in [1.82, 2.24) is 14.8 Å². The number of hydrazine groups is 1. The van der Waals surface area contributed by atoms with Gasteiger partial charge in [-0.1, -0.05) is 47.0 Å². The third-order valence-electron chi connectivity index (χ3n) is 6.10. The third kappa shape index (κ3) is 3.43. The Morgan fingerprint density at radius 1 is 1.03 bits per heavy atom. The van der Waals surface area contributed by atoms with Crippen molar-refractivity contribution >= 4 is 51.8 Å². The highest BCUT2D eigenvalue weighted by atomic mass is 127. The van der Waals surface area contributed by atoms with E-state index in [0.29, 0.717) is 16.9 Å². The Kier molecular flexibility index (Phi) is 5.31. The molecule has 174 valence electrons. The fraction of sp³-hybridized carbons (Fsp3) is 0.125. The van der Waals surface area contributed by atoms with Gasteiger partial charge in [-0.3, -0.25) is 0 Å². The molecule has 3 aromatic carbocycles. The largest absolute Gasteiger partial charge is 0.392 e. The Balaban J connectivity index is 1.68. The van der Waals surface area contributed by atoms with Gasteiger partial charge < -0.3 is 9.67 Å². The highest BCUT2D eigenvalue weighted by Gasteiger charge is 2.47. The van der Waals surface area contributed by atoms with Crippen molar-refractivity contribution in [2.45, 2.75) is 12.1 Å². The van der Waals surface area contributed by atoms with Crippen LogP contribution in [0, 0.1) is 3.57 Å². The fourth-order valence-electron chi connectivity index (χ4n) is 4.49. The molecule has 1 aromatic heterocycles. The molecule has 0 aliphatic carbocycles. The number of aromatic nitrogens is 3. The Hall–Kier alpha value is -3.35. The van der Waals surface area contributed by atoms with Crippen molar-refractivity contribution in [3.05, 3.63) is 104 Å². The molecule has 2 aliphatic heterocycles. The van der Waals surface area contributed by atoms with Gasteiger partial charge in [0, 0.05) is 21.2 Å². The zero-order valence-electron chi connectivity index (χ0n) is 18.4. The molecule has 0 spiro atoms. The van der Waals surface area contributed by atoms with E-state index in [1.54, 1.807) is 21.0 Å². The molecule has 4 aromatic rings. The second-order valence-corrected chi connectivity index (χ2v) is 9.86. The van der Waals surface area contributed by atoms with Gasteiger partial charge in [-0.25, -0.2) is 4.99 Å².